The Balaban J connectivity index is 1.94. The van der Waals surface area contributed by atoms with Gasteiger partial charge in [0, 0.05) is 25.8 Å². The van der Waals surface area contributed by atoms with Crippen LogP contribution in [0.3, 0.4) is 0 Å². The molecule has 1 fully saturated rings. The van der Waals surface area contributed by atoms with Crippen molar-refractivity contribution in [3.05, 3.63) is 12.3 Å². The first-order valence-electron chi connectivity index (χ1n) is 5.56. The van der Waals surface area contributed by atoms with Gasteiger partial charge >= 0.3 is 0 Å². The zero-order valence-electron chi connectivity index (χ0n) is 9.43. The largest absolute Gasteiger partial charge is 0.474 e. The smallest absolute Gasteiger partial charge is 0.223 e. The van der Waals surface area contributed by atoms with E-state index in [0.717, 1.165) is 25.7 Å². The van der Waals surface area contributed by atoms with Gasteiger partial charge in [-0.15, -0.1) is 0 Å². The molecule has 1 aliphatic rings. The first-order valence-corrected chi connectivity index (χ1v) is 5.56. The van der Waals surface area contributed by atoms with Gasteiger partial charge in [0.25, 0.3) is 0 Å². The van der Waals surface area contributed by atoms with Crippen LogP contribution in [0.2, 0.25) is 0 Å². The van der Waals surface area contributed by atoms with Gasteiger partial charge in [0.15, 0.2) is 0 Å². The summed E-state index contributed by atoms with van der Waals surface area (Å²) in [6.07, 6.45) is 6.29. The van der Waals surface area contributed by atoms with E-state index in [2.05, 4.69) is 9.97 Å². The van der Waals surface area contributed by atoms with Crippen molar-refractivity contribution in [1.82, 2.24) is 9.97 Å². The molecule has 88 valence electrons. The summed E-state index contributed by atoms with van der Waals surface area (Å²) in [6.45, 7) is 0. The molecule has 1 aliphatic carbocycles. The number of ether oxygens (including phenoxy) is 2. The third-order valence-corrected chi connectivity index (χ3v) is 2.85. The highest BCUT2D eigenvalue weighted by atomic mass is 16.5. The molecule has 0 amide bonds. The summed E-state index contributed by atoms with van der Waals surface area (Å²) >= 11 is 0. The molecule has 2 N–H and O–H groups in total. The number of anilines is 1. The van der Waals surface area contributed by atoms with Gasteiger partial charge in [-0.2, -0.15) is 4.98 Å². The molecule has 1 aromatic heterocycles. The van der Waals surface area contributed by atoms with E-state index in [9.17, 15) is 0 Å². The van der Waals surface area contributed by atoms with Gasteiger partial charge in [-0.25, -0.2) is 4.98 Å². The van der Waals surface area contributed by atoms with Crippen molar-refractivity contribution in [2.45, 2.75) is 37.9 Å². The SMILES string of the molecule is CO[C@@H]1CCC[C@H](Oc2ccnc(N)n2)C1. The van der Waals surface area contributed by atoms with Crippen LogP contribution in [0.1, 0.15) is 25.7 Å². The van der Waals surface area contributed by atoms with E-state index >= 15 is 0 Å². The topological polar surface area (TPSA) is 70.3 Å². The summed E-state index contributed by atoms with van der Waals surface area (Å²) < 4.78 is 11.1. The number of nitrogens with two attached hydrogens (primary N) is 1. The molecule has 2 rings (SSSR count). The van der Waals surface area contributed by atoms with E-state index in [1.165, 1.54) is 0 Å². The second-order valence-corrected chi connectivity index (χ2v) is 4.02. The Morgan fingerprint density at radius 1 is 1.38 bits per heavy atom. The molecule has 16 heavy (non-hydrogen) atoms. The molecular formula is C11H17N3O2. The lowest BCUT2D eigenvalue weighted by Gasteiger charge is -2.28. The van der Waals surface area contributed by atoms with Crippen molar-refractivity contribution in [3.63, 3.8) is 0 Å². The standard InChI is InChI=1S/C11H17N3O2/c1-15-8-3-2-4-9(7-8)16-10-5-6-13-11(12)14-10/h5-6,8-9H,2-4,7H2,1H3,(H2,12,13,14)/t8-,9+/m1/s1. The average molecular weight is 223 g/mol. The summed E-state index contributed by atoms with van der Waals surface area (Å²) in [5.41, 5.74) is 5.49. The van der Waals surface area contributed by atoms with Crippen LogP contribution in [0.15, 0.2) is 12.3 Å². The normalized spacial score (nSPS) is 25.3. The predicted octanol–water partition coefficient (Wildman–Crippen LogP) is 1.40. The van der Waals surface area contributed by atoms with E-state index in [-0.39, 0.29) is 12.1 Å². The van der Waals surface area contributed by atoms with Crippen molar-refractivity contribution in [3.8, 4) is 5.88 Å². The minimum absolute atomic E-state index is 0.174. The molecule has 0 bridgehead atoms. The molecule has 5 heteroatoms. The molecule has 1 aromatic rings. The maximum absolute atomic E-state index is 5.76. The maximum Gasteiger partial charge on any atom is 0.223 e. The quantitative estimate of drug-likeness (QED) is 0.838. The fourth-order valence-corrected chi connectivity index (χ4v) is 2.02. The third-order valence-electron chi connectivity index (χ3n) is 2.85. The van der Waals surface area contributed by atoms with Crippen LogP contribution in [-0.2, 0) is 4.74 Å². The Kier molecular flexibility index (Phi) is 3.56. The van der Waals surface area contributed by atoms with Crippen LogP contribution >= 0.6 is 0 Å². The minimum atomic E-state index is 0.174. The third kappa shape index (κ3) is 2.82. The highest BCUT2D eigenvalue weighted by molar-refractivity contribution is 5.20. The lowest BCUT2D eigenvalue weighted by molar-refractivity contribution is 0.0195. The van der Waals surface area contributed by atoms with E-state index in [4.69, 9.17) is 15.2 Å². The monoisotopic (exact) mass is 223 g/mol. The van der Waals surface area contributed by atoms with Crippen molar-refractivity contribution in [1.29, 1.82) is 0 Å². The zero-order valence-corrected chi connectivity index (χ0v) is 9.43. The van der Waals surface area contributed by atoms with Gasteiger partial charge in [-0.3, -0.25) is 0 Å². The second kappa shape index (κ2) is 5.12. The van der Waals surface area contributed by atoms with Crippen LogP contribution in [0.4, 0.5) is 5.95 Å². The number of hydrogen-bond donors (Lipinski definition) is 1. The van der Waals surface area contributed by atoms with Gasteiger partial charge in [0.1, 0.15) is 6.10 Å². The van der Waals surface area contributed by atoms with E-state index < -0.39 is 0 Å². The number of aromatic nitrogens is 2. The Bertz CT molecular complexity index is 346. The van der Waals surface area contributed by atoms with Crippen LogP contribution < -0.4 is 10.5 Å². The zero-order chi connectivity index (χ0) is 11.4. The van der Waals surface area contributed by atoms with Crippen molar-refractivity contribution >= 4 is 5.95 Å². The number of nitrogens with zero attached hydrogens (tertiary/aromatic N) is 2. The second-order valence-electron chi connectivity index (χ2n) is 4.02. The first kappa shape index (κ1) is 11.1. The van der Waals surface area contributed by atoms with Gasteiger partial charge in [-0.05, 0) is 19.3 Å². The fourth-order valence-electron chi connectivity index (χ4n) is 2.02. The Morgan fingerprint density at radius 2 is 2.19 bits per heavy atom. The molecule has 0 spiro atoms. The molecule has 2 atom stereocenters. The molecular weight excluding hydrogens is 206 g/mol. The Hall–Kier alpha value is -1.36. The van der Waals surface area contributed by atoms with Gasteiger partial charge in [0.2, 0.25) is 11.8 Å². The molecule has 0 radical (unpaired) electrons. The summed E-state index contributed by atoms with van der Waals surface area (Å²) in [5, 5.41) is 0. The summed E-state index contributed by atoms with van der Waals surface area (Å²) in [5.74, 6) is 0.797. The summed E-state index contributed by atoms with van der Waals surface area (Å²) in [7, 11) is 1.75. The van der Waals surface area contributed by atoms with Crippen molar-refractivity contribution in [2.75, 3.05) is 12.8 Å². The Labute approximate surface area is 95.0 Å². The molecule has 0 aliphatic heterocycles. The number of methoxy groups -OCH3 is 1. The van der Waals surface area contributed by atoms with Crippen LogP contribution in [0, 0.1) is 0 Å². The first-order chi connectivity index (χ1) is 7.78. The predicted molar refractivity (Wildman–Crippen MR) is 60.1 cm³/mol. The average Bonchev–Trinajstić information content (AvgIpc) is 2.29. The van der Waals surface area contributed by atoms with Crippen LogP contribution in [0.25, 0.3) is 0 Å². The van der Waals surface area contributed by atoms with E-state index in [0.29, 0.717) is 12.0 Å². The molecule has 0 unspecified atom stereocenters. The molecule has 5 nitrogen and oxygen atoms in total. The van der Waals surface area contributed by atoms with Gasteiger partial charge in [0.05, 0.1) is 6.10 Å². The van der Waals surface area contributed by atoms with E-state index in [1.54, 1.807) is 19.4 Å². The molecule has 1 heterocycles. The lowest BCUT2D eigenvalue weighted by atomic mass is 9.95. The molecule has 0 saturated heterocycles. The highest BCUT2D eigenvalue weighted by Gasteiger charge is 2.23. The van der Waals surface area contributed by atoms with Crippen molar-refractivity contribution in [2.24, 2.45) is 0 Å². The Morgan fingerprint density at radius 3 is 2.94 bits per heavy atom. The van der Waals surface area contributed by atoms with Gasteiger partial charge < -0.3 is 15.2 Å². The summed E-state index contributed by atoms with van der Waals surface area (Å²) in [6, 6.07) is 1.73. The number of hydrogen-bond acceptors (Lipinski definition) is 5. The highest BCUT2D eigenvalue weighted by Crippen LogP contribution is 2.24. The fraction of sp³-hybridized carbons (Fsp3) is 0.636. The van der Waals surface area contributed by atoms with Crippen LogP contribution in [-0.4, -0.2) is 29.3 Å². The summed E-state index contributed by atoms with van der Waals surface area (Å²) in [4.78, 5) is 7.85. The molecule has 1 saturated carbocycles. The minimum Gasteiger partial charge on any atom is -0.474 e. The number of nitrogen functional groups attached to an aromatic ring is 1. The molecule has 0 aromatic carbocycles. The lowest BCUT2D eigenvalue weighted by Crippen LogP contribution is -2.29. The van der Waals surface area contributed by atoms with Gasteiger partial charge in [-0.1, -0.05) is 0 Å². The number of rotatable bonds is 3. The van der Waals surface area contributed by atoms with Crippen LogP contribution in [0.5, 0.6) is 5.88 Å². The maximum atomic E-state index is 5.76. The van der Waals surface area contributed by atoms with E-state index in [1.807, 2.05) is 0 Å². The van der Waals surface area contributed by atoms with Crippen molar-refractivity contribution < 1.29 is 9.47 Å².